The van der Waals surface area contributed by atoms with Crippen LogP contribution in [0.15, 0.2) is 47.4 Å². The summed E-state index contributed by atoms with van der Waals surface area (Å²) in [7, 11) is -2.23. The van der Waals surface area contributed by atoms with E-state index in [1.54, 1.807) is 36.4 Å². The predicted molar refractivity (Wildman–Crippen MR) is 113 cm³/mol. The van der Waals surface area contributed by atoms with Crippen molar-refractivity contribution in [3.05, 3.63) is 58.6 Å². The topological polar surface area (TPSA) is 57.7 Å². The Morgan fingerprint density at radius 1 is 1.11 bits per heavy atom. The zero-order valence-corrected chi connectivity index (χ0v) is 17.9. The maximum Gasteiger partial charge on any atom is 0.264 e. The molecule has 0 spiro atoms. The Hall–Kier alpha value is -2.05. The molecule has 1 aliphatic heterocycles. The number of likely N-dealkylation sites (tertiary alicyclic amines) is 1. The van der Waals surface area contributed by atoms with E-state index in [9.17, 15) is 13.2 Å². The largest absolute Gasteiger partial charge is 0.339 e. The molecule has 1 amide bonds. The first-order chi connectivity index (χ1) is 13.2. The number of aryl methyl sites for hydroxylation is 1. The fourth-order valence-electron chi connectivity index (χ4n) is 3.26. The van der Waals surface area contributed by atoms with Gasteiger partial charge < -0.3 is 4.90 Å². The summed E-state index contributed by atoms with van der Waals surface area (Å²) >= 11 is 6.36. The third-order valence-corrected chi connectivity index (χ3v) is 7.41. The summed E-state index contributed by atoms with van der Waals surface area (Å²) < 4.78 is 26.9. The van der Waals surface area contributed by atoms with Gasteiger partial charge in [0.2, 0.25) is 0 Å². The number of hydrogen-bond donors (Lipinski definition) is 0. The van der Waals surface area contributed by atoms with Crippen LogP contribution in [0.4, 0.5) is 5.69 Å². The van der Waals surface area contributed by atoms with Crippen molar-refractivity contribution in [3.63, 3.8) is 0 Å². The molecule has 2 aromatic rings. The van der Waals surface area contributed by atoms with Crippen LogP contribution in [0.2, 0.25) is 5.02 Å². The Balaban J connectivity index is 1.83. The molecule has 1 aliphatic rings. The second-order valence-corrected chi connectivity index (χ2v) is 9.80. The van der Waals surface area contributed by atoms with Crippen molar-refractivity contribution in [2.45, 2.75) is 31.6 Å². The zero-order chi connectivity index (χ0) is 20.5. The molecular weight excluding hydrogens is 396 g/mol. The first kappa shape index (κ1) is 20.7. The third-order valence-electron chi connectivity index (χ3n) is 5.30. The summed E-state index contributed by atoms with van der Waals surface area (Å²) in [5, 5.41) is 0.257. The molecule has 0 aliphatic carbocycles. The maximum absolute atomic E-state index is 12.9. The first-order valence-electron chi connectivity index (χ1n) is 9.34. The summed E-state index contributed by atoms with van der Waals surface area (Å²) in [6, 6.07) is 11.4. The van der Waals surface area contributed by atoms with E-state index in [0.717, 1.165) is 31.5 Å². The van der Waals surface area contributed by atoms with Crippen molar-refractivity contribution >= 4 is 33.2 Å². The number of halogens is 1. The average Bonchev–Trinajstić information content (AvgIpc) is 2.67. The molecule has 0 unspecified atom stereocenters. The minimum Gasteiger partial charge on any atom is -0.339 e. The third kappa shape index (κ3) is 4.18. The summed E-state index contributed by atoms with van der Waals surface area (Å²) in [5.74, 6) is 0.523. The molecule has 2 aromatic carbocycles. The lowest BCUT2D eigenvalue weighted by molar-refractivity contribution is 0.0697. The van der Waals surface area contributed by atoms with Gasteiger partial charge in [0.1, 0.15) is 0 Å². The molecule has 1 fully saturated rings. The van der Waals surface area contributed by atoms with Crippen LogP contribution in [0.1, 0.15) is 35.7 Å². The number of anilines is 1. The fraction of sp³-hybridized carbons (Fsp3) is 0.381. The van der Waals surface area contributed by atoms with Gasteiger partial charge in [0, 0.05) is 20.1 Å². The highest BCUT2D eigenvalue weighted by atomic mass is 35.5. The van der Waals surface area contributed by atoms with E-state index < -0.39 is 10.0 Å². The lowest BCUT2D eigenvalue weighted by atomic mass is 9.98. The molecule has 0 bridgehead atoms. The van der Waals surface area contributed by atoms with Gasteiger partial charge in [-0.1, -0.05) is 36.2 Å². The Labute approximate surface area is 172 Å². The lowest BCUT2D eigenvalue weighted by Crippen LogP contribution is -2.38. The van der Waals surface area contributed by atoms with Gasteiger partial charge >= 0.3 is 0 Å². The number of rotatable bonds is 4. The minimum atomic E-state index is -3.71. The normalized spacial score (nSPS) is 15.5. The number of hydrogen-bond acceptors (Lipinski definition) is 3. The molecule has 0 aromatic heterocycles. The lowest BCUT2D eigenvalue weighted by Gasteiger charge is -2.30. The molecule has 150 valence electrons. The number of amides is 1. The second-order valence-electron chi connectivity index (χ2n) is 7.42. The second kappa shape index (κ2) is 8.13. The molecular formula is C21H25ClN2O3S. The van der Waals surface area contributed by atoms with Crippen LogP contribution < -0.4 is 4.31 Å². The molecule has 7 heteroatoms. The van der Waals surface area contributed by atoms with Gasteiger partial charge in [-0.3, -0.25) is 9.10 Å². The number of benzene rings is 2. The van der Waals surface area contributed by atoms with Gasteiger partial charge in [-0.2, -0.15) is 0 Å². The highest BCUT2D eigenvalue weighted by molar-refractivity contribution is 7.92. The van der Waals surface area contributed by atoms with E-state index in [4.69, 9.17) is 11.6 Å². The van der Waals surface area contributed by atoms with Gasteiger partial charge in [-0.25, -0.2) is 8.42 Å². The number of piperidine rings is 1. The van der Waals surface area contributed by atoms with Crippen molar-refractivity contribution in [1.29, 1.82) is 0 Å². The summed E-state index contributed by atoms with van der Waals surface area (Å²) in [6.07, 6.45) is 1.97. The highest BCUT2D eigenvalue weighted by Crippen LogP contribution is 2.29. The van der Waals surface area contributed by atoms with E-state index in [-0.39, 0.29) is 15.8 Å². The average molecular weight is 421 g/mol. The SMILES string of the molecule is Cc1ccc(S(=O)(=O)N(C)c2ccc(C(=O)N3CCC(C)CC3)c(Cl)c2)cc1. The highest BCUT2D eigenvalue weighted by Gasteiger charge is 2.25. The Bertz CT molecular complexity index is 966. The van der Waals surface area contributed by atoms with Crippen LogP contribution in [-0.4, -0.2) is 39.4 Å². The van der Waals surface area contributed by atoms with E-state index in [1.807, 2.05) is 11.8 Å². The molecule has 0 N–H and O–H groups in total. The first-order valence-corrected chi connectivity index (χ1v) is 11.2. The fourth-order valence-corrected chi connectivity index (χ4v) is 4.71. The van der Waals surface area contributed by atoms with E-state index in [2.05, 4.69) is 6.92 Å². The van der Waals surface area contributed by atoms with Crippen molar-refractivity contribution in [2.75, 3.05) is 24.4 Å². The van der Waals surface area contributed by atoms with Crippen LogP contribution in [0, 0.1) is 12.8 Å². The molecule has 28 heavy (non-hydrogen) atoms. The smallest absolute Gasteiger partial charge is 0.264 e. The quantitative estimate of drug-likeness (QED) is 0.738. The van der Waals surface area contributed by atoms with E-state index in [1.165, 1.54) is 17.4 Å². The van der Waals surface area contributed by atoms with Crippen LogP contribution in [0.3, 0.4) is 0 Å². The Morgan fingerprint density at radius 3 is 2.29 bits per heavy atom. The van der Waals surface area contributed by atoms with Gasteiger partial charge in [0.25, 0.3) is 15.9 Å². The summed E-state index contributed by atoms with van der Waals surface area (Å²) in [5.41, 5.74) is 1.80. The van der Waals surface area contributed by atoms with Crippen LogP contribution >= 0.6 is 11.6 Å². The number of nitrogens with zero attached hydrogens (tertiary/aromatic N) is 2. The van der Waals surface area contributed by atoms with Crippen molar-refractivity contribution in [3.8, 4) is 0 Å². The number of carbonyl (C=O) groups is 1. The molecule has 1 saturated heterocycles. The Kier molecular flexibility index (Phi) is 6.01. The molecule has 0 radical (unpaired) electrons. The predicted octanol–water partition coefficient (Wildman–Crippen LogP) is 4.35. The summed E-state index contributed by atoms with van der Waals surface area (Å²) in [4.78, 5) is 14.8. The molecule has 3 rings (SSSR count). The minimum absolute atomic E-state index is 0.104. The number of carbonyl (C=O) groups excluding carboxylic acids is 1. The van der Waals surface area contributed by atoms with Crippen LogP contribution in [-0.2, 0) is 10.0 Å². The van der Waals surface area contributed by atoms with Crippen LogP contribution in [0.25, 0.3) is 0 Å². The van der Waals surface area contributed by atoms with Gasteiger partial charge in [0.15, 0.2) is 0 Å². The summed E-state index contributed by atoms with van der Waals surface area (Å²) in [6.45, 7) is 5.53. The van der Waals surface area contributed by atoms with Crippen molar-refractivity contribution < 1.29 is 13.2 Å². The van der Waals surface area contributed by atoms with Gasteiger partial charge in [-0.15, -0.1) is 0 Å². The van der Waals surface area contributed by atoms with Gasteiger partial charge in [0.05, 0.1) is 21.2 Å². The van der Waals surface area contributed by atoms with E-state index >= 15 is 0 Å². The Morgan fingerprint density at radius 2 is 1.71 bits per heavy atom. The molecule has 0 atom stereocenters. The van der Waals surface area contributed by atoms with Crippen molar-refractivity contribution in [1.82, 2.24) is 4.90 Å². The number of sulfonamides is 1. The van der Waals surface area contributed by atoms with Gasteiger partial charge in [-0.05, 0) is 56.0 Å². The maximum atomic E-state index is 12.9. The van der Waals surface area contributed by atoms with Crippen molar-refractivity contribution in [2.24, 2.45) is 5.92 Å². The zero-order valence-electron chi connectivity index (χ0n) is 16.4. The van der Waals surface area contributed by atoms with E-state index in [0.29, 0.717) is 17.2 Å². The monoisotopic (exact) mass is 420 g/mol. The molecule has 5 nitrogen and oxygen atoms in total. The molecule has 0 saturated carbocycles. The standard InChI is InChI=1S/C21H25ClN2O3S/c1-15-4-7-18(8-5-15)28(26,27)23(3)17-6-9-19(20(22)14-17)21(25)24-12-10-16(2)11-13-24/h4-9,14,16H,10-13H2,1-3H3. The van der Waals surface area contributed by atoms with Crippen LogP contribution in [0.5, 0.6) is 0 Å². The molecule has 1 heterocycles.